The third kappa shape index (κ3) is 3.49. The van der Waals surface area contributed by atoms with E-state index in [9.17, 15) is 0 Å². The van der Waals surface area contributed by atoms with E-state index in [0.29, 0.717) is 5.92 Å². The van der Waals surface area contributed by atoms with Crippen molar-refractivity contribution in [1.29, 1.82) is 0 Å². The van der Waals surface area contributed by atoms with E-state index >= 15 is 0 Å². The lowest BCUT2D eigenvalue weighted by molar-refractivity contribution is 0.660. The molecule has 1 aliphatic heterocycles. The fourth-order valence-corrected chi connectivity index (χ4v) is 4.56. The second-order valence-electron chi connectivity index (χ2n) is 5.87. The van der Waals surface area contributed by atoms with Crippen LogP contribution in [-0.2, 0) is 6.54 Å². The first-order valence-electron chi connectivity index (χ1n) is 7.83. The van der Waals surface area contributed by atoms with Crippen LogP contribution >= 0.6 is 23.1 Å². The van der Waals surface area contributed by atoms with Crippen molar-refractivity contribution < 1.29 is 0 Å². The van der Waals surface area contributed by atoms with Crippen LogP contribution in [-0.4, -0.2) is 35.6 Å². The van der Waals surface area contributed by atoms with Crippen LogP contribution in [0, 0.1) is 0 Å². The second kappa shape index (κ2) is 6.67. The van der Waals surface area contributed by atoms with Gasteiger partial charge in [-0.2, -0.15) is 11.8 Å². The minimum Gasteiger partial charge on any atom is -0.346 e. The molecule has 3 rings (SSSR count). The molecule has 20 heavy (non-hydrogen) atoms. The number of nitrogens with one attached hydrogen (secondary N) is 1. The summed E-state index contributed by atoms with van der Waals surface area (Å²) < 4.78 is 0. The highest BCUT2D eigenvalue weighted by molar-refractivity contribution is 7.99. The molecule has 0 bridgehead atoms. The Kier molecular flexibility index (Phi) is 4.89. The van der Waals surface area contributed by atoms with E-state index < -0.39 is 0 Å². The van der Waals surface area contributed by atoms with Crippen LogP contribution in [0.25, 0.3) is 0 Å². The summed E-state index contributed by atoms with van der Waals surface area (Å²) in [4.78, 5) is 8.95. The van der Waals surface area contributed by atoms with E-state index in [4.69, 9.17) is 4.98 Å². The van der Waals surface area contributed by atoms with Crippen molar-refractivity contribution in [2.45, 2.75) is 51.6 Å². The number of anilines is 1. The Hall–Kier alpha value is -0.260. The fourth-order valence-electron chi connectivity index (χ4n) is 2.47. The maximum atomic E-state index is 5.00. The average Bonchev–Trinajstić information content (AvgIpc) is 3.23. The third-order valence-corrected chi connectivity index (χ3v) is 6.28. The molecule has 2 aliphatic rings. The molecular formula is C15H25N3S2. The lowest BCUT2D eigenvalue weighted by Gasteiger charge is -2.25. The third-order valence-electron chi connectivity index (χ3n) is 4.21. The van der Waals surface area contributed by atoms with Crippen molar-refractivity contribution in [2.75, 3.05) is 29.5 Å². The van der Waals surface area contributed by atoms with E-state index in [2.05, 4.69) is 35.8 Å². The smallest absolute Gasteiger partial charge is 0.185 e. The molecule has 1 aromatic rings. The first-order valence-corrected chi connectivity index (χ1v) is 9.80. The standard InChI is InChI=1S/C15H25N3S2/c1-3-11(2)14-13(10-16-12-4-5-12)20-15(17-14)18-6-8-19-9-7-18/h11-12,16H,3-10H2,1-2H3. The van der Waals surface area contributed by atoms with Gasteiger partial charge in [0, 0.05) is 42.1 Å². The molecule has 1 aromatic heterocycles. The Morgan fingerprint density at radius 1 is 1.35 bits per heavy atom. The predicted molar refractivity (Wildman–Crippen MR) is 90.2 cm³/mol. The molecule has 1 atom stereocenters. The number of rotatable bonds is 6. The van der Waals surface area contributed by atoms with Crippen molar-refractivity contribution in [3.63, 3.8) is 0 Å². The Morgan fingerprint density at radius 2 is 2.10 bits per heavy atom. The fraction of sp³-hybridized carbons (Fsp3) is 0.800. The number of aromatic nitrogens is 1. The van der Waals surface area contributed by atoms with Crippen molar-refractivity contribution >= 4 is 28.2 Å². The van der Waals surface area contributed by atoms with Crippen LogP contribution in [0.5, 0.6) is 0 Å². The van der Waals surface area contributed by atoms with Crippen molar-refractivity contribution in [2.24, 2.45) is 0 Å². The monoisotopic (exact) mass is 311 g/mol. The van der Waals surface area contributed by atoms with Gasteiger partial charge in [-0.05, 0) is 25.2 Å². The zero-order chi connectivity index (χ0) is 13.9. The highest BCUT2D eigenvalue weighted by Gasteiger charge is 2.24. The second-order valence-corrected chi connectivity index (χ2v) is 8.16. The first-order chi connectivity index (χ1) is 9.78. The topological polar surface area (TPSA) is 28.2 Å². The summed E-state index contributed by atoms with van der Waals surface area (Å²) in [6, 6.07) is 0.775. The summed E-state index contributed by atoms with van der Waals surface area (Å²) >= 11 is 3.98. The van der Waals surface area contributed by atoms with Gasteiger partial charge in [0.2, 0.25) is 0 Å². The lowest BCUT2D eigenvalue weighted by atomic mass is 10.0. The molecule has 1 unspecified atom stereocenters. The molecule has 3 nitrogen and oxygen atoms in total. The highest BCUT2D eigenvalue weighted by Crippen LogP contribution is 2.33. The molecule has 5 heteroatoms. The van der Waals surface area contributed by atoms with Crippen LogP contribution < -0.4 is 10.2 Å². The van der Waals surface area contributed by atoms with Gasteiger partial charge in [-0.25, -0.2) is 4.98 Å². The molecule has 112 valence electrons. The van der Waals surface area contributed by atoms with Gasteiger partial charge in [-0.1, -0.05) is 13.8 Å². The zero-order valence-corrected chi connectivity index (χ0v) is 14.2. The minimum atomic E-state index is 0.579. The van der Waals surface area contributed by atoms with Gasteiger partial charge in [0.15, 0.2) is 5.13 Å². The molecule has 2 fully saturated rings. The van der Waals surface area contributed by atoms with Crippen LogP contribution in [0.1, 0.15) is 49.6 Å². The van der Waals surface area contributed by atoms with E-state index in [1.807, 2.05) is 11.3 Å². The molecular weight excluding hydrogens is 286 g/mol. The van der Waals surface area contributed by atoms with E-state index in [1.54, 1.807) is 0 Å². The summed E-state index contributed by atoms with van der Waals surface area (Å²) in [6.07, 6.45) is 3.89. The van der Waals surface area contributed by atoms with Crippen LogP contribution in [0.3, 0.4) is 0 Å². The maximum Gasteiger partial charge on any atom is 0.185 e. The Bertz CT molecular complexity index is 436. The average molecular weight is 312 g/mol. The summed E-state index contributed by atoms with van der Waals surface area (Å²) in [5.41, 5.74) is 1.35. The molecule has 1 N–H and O–H groups in total. The quantitative estimate of drug-likeness (QED) is 0.871. The van der Waals surface area contributed by atoms with Crippen LogP contribution in [0.4, 0.5) is 5.13 Å². The van der Waals surface area contributed by atoms with Crippen molar-refractivity contribution in [3.8, 4) is 0 Å². The minimum absolute atomic E-state index is 0.579. The summed E-state index contributed by atoms with van der Waals surface area (Å²) in [7, 11) is 0. The van der Waals surface area contributed by atoms with Gasteiger partial charge >= 0.3 is 0 Å². The number of hydrogen-bond acceptors (Lipinski definition) is 5. The molecule has 0 aromatic carbocycles. The van der Waals surface area contributed by atoms with E-state index in [1.165, 1.54) is 46.5 Å². The van der Waals surface area contributed by atoms with E-state index in [0.717, 1.165) is 25.7 Å². The Labute approximate surface area is 130 Å². The number of thioether (sulfide) groups is 1. The van der Waals surface area contributed by atoms with Gasteiger partial charge in [0.25, 0.3) is 0 Å². The molecule has 2 heterocycles. The first kappa shape index (κ1) is 14.7. The normalized spacial score (nSPS) is 21.2. The number of thiazole rings is 1. The van der Waals surface area contributed by atoms with Crippen LogP contribution in [0.15, 0.2) is 0 Å². The Morgan fingerprint density at radius 3 is 2.75 bits per heavy atom. The number of nitrogens with zero attached hydrogens (tertiary/aromatic N) is 2. The van der Waals surface area contributed by atoms with E-state index in [-0.39, 0.29) is 0 Å². The maximum absolute atomic E-state index is 5.00. The van der Waals surface area contributed by atoms with Gasteiger partial charge in [-0.15, -0.1) is 11.3 Å². The summed E-state index contributed by atoms with van der Waals surface area (Å²) in [6.45, 7) is 7.91. The lowest BCUT2D eigenvalue weighted by Crippen LogP contribution is -2.32. The van der Waals surface area contributed by atoms with Crippen molar-refractivity contribution in [1.82, 2.24) is 10.3 Å². The molecule has 1 saturated heterocycles. The number of hydrogen-bond donors (Lipinski definition) is 1. The zero-order valence-electron chi connectivity index (χ0n) is 12.5. The highest BCUT2D eigenvalue weighted by atomic mass is 32.2. The Balaban J connectivity index is 1.75. The van der Waals surface area contributed by atoms with Crippen LogP contribution in [0.2, 0.25) is 0 Å². The molecule has 0 spiro atoms. The van der Waals surface area contributed by atoms with Gasteiger partial charge in [0.1, 0.15) is 0 Å². The largest absolute Gasteiger partial charge is 0.346 e. The predicted octanol–water partition coefficient (Wildman–Crippen LogP) is 3.46. The molecule has 1 saturated carbocycles. The molecule has 0 amide bonds. The summed E-state index contributed by atoms with van der Waals surface area (Å²) in [5.74, 6) is 3.07. The van der Waals surface area contributed by atoms with Crippen molar-refractivity contribution in [3.05, 3.63) is 10.6 Å². The SMILES string of the molecule is CCC(C)c1nc(N2CCSCC2)sc1CNC1CC1. The van der Waals surface area contributed by atoms with Gasteiger partial charge in [-0.3, -0.25) is 0 Å². The molecule has 0 radical (unpaired) electrons. The van der Waals surface area contributed by atoms with Gasteiger partial charge < -0.3 is 10.2 Å². The van der Waals surface area contributed by atoms with Gasteiger partial charge in [0.05, 0.1) is 5.69 Å². The molecule has 1 aliphatic carbocycles. The summed E-state index contributed by atoms with van der Waals surface area (Å²) in [5, 5.41) is 4.91.